The van der Waals surface area contributed by atoms with Gasteiger partial charge in [-0.05, 0) is 25.7 Å². The van der Waals surface area contributed by atoms with Gasteiger partial charge < -0.3 is 9.64 Å². The van der Waals surface area contributed by atoms with E-state index in [-0.39, 0.29) is 23.3 Å². The second-order valence-electron chi connectivity index (χ2n) is 5.44. The van der Waals surface area contributed by atoms with Crippen LogP contribution in [0.4, 0.5) is 4.79 Å². The minimum Gasteiger partial charge on any atom is -0.453 e. The monoisotopic (exact) mass is 264 g/mol. The Labute approximate surface area is 113 Å². The molecular weight excluding hydrogens is 244 g/mol. The molecule has 0 aromatic rings. The average molecular weight is 264 g/mol. The lowest BCUT2D eigenvalue weighted by atomic mass is 9.58. The van der Waals surface area contributed by atoms with Crippen molar-refractivity contribution in [1.82, 2.24) is 4.90 Å². The molecule has 19 heavy (non-hydrogen) atoms. The quantitative estimate of drug-likeness (QED) is 0.727. The molecule has 0 N–H and O–H groups in total. The van der Waals surface area contributed by atoms with Crippen molar-refractivity contribution >= 4 is 11.9 Å². The van der Waals surface area contributed by atoms with E-state index < -0.39 is 5.92 Å². The van der Waals surface area contributed by atoms with Crippen LogP contribution in [0.25, 0.3) is 0 Å². The van der Waals surface area contributed by atoms with Crippen molar-refractivity contribution in [3.63, 3.8) is 0 Å². The summed E-state index contributed by atoms with van der Waals surface area (Å²) in [4.78, 5) is 25.7. The van der Waals surface area contributed by atoms with Crippen LogP contribution < -0.4 is 0 Å². The summed E-state index contributed by atoms with van der Waals surface area (Å²) in [5, 5.41) is 9.37. The highest BCUT2D eigenvalue weighted by Crippen LogP contribution is 2.50. The normalized spacial score (nSPS) is 34.4. The van der Waals surface area contributed by atoms with Gasteiger partial charge in [-0.2, -0.15) is 5.26 Å². The summed E-state index contributed by atoms with van der Waals surface area (Å²) in [5.74, 6) is -0.545. The summed E-state index contributed by atoms with van der Waals surface area (Å²) in [6.45, 7) is 2.67. The van der Waals surface area contributed by atoms with Crippen molar-refractivity contribution in [2.75, 3.05) is 13.7 Å². The van der Waals surface area contributed by atoms with Gasteiger partial charge in [0.05, 0.1) is 13.2 Å². The van der Waals surface area contributed by atoms with E-state index in [1.807, 2.05) is 6.92 Å². The maximum Gasteiger partial charge on any atom is 0.409 e. The van der Waals surface area contributed by atoms with Gasteiger partial charge in [0.25, 0.3) is 0 Å². The zero-order valence-corrected chi connectivity index (χ0v) is 11.5. The number of ether oxygens (including phenoxy) is 1. The van der Waals surface area contributed by atoms with Crippen molar-refractivity contribution < 1.29 is 14.3 Å². The molecule has 1 saturated carbocycles. The third-order valence-corrected chi connectivity index (χ3v) is 4.84. The molecular formula is C14H20N2O3. The lowest BCUT2D eigenvalue weighted by molar-refractivity contribution is -0.135. The Hall–Kier alpha value is -1.57. The third-order valence-electron chi connectivity index (χ3n) is 4.84. The van der Waals surface area contributed by atoms with E-state index in [1.54, 1.807) is 4.90 Å². The number of hydrogen-bond acceptors (Lipinski definition) is 4. The van der Waals surface area contributed by atoms with E-state index >= 15 is 0 Å². The number of carbonyl (C=O) groups is 2. The molecule has 3 atom stereocenters. The van der Waals surface area contributed by atoms with Gasteiger partial charge in [0.2, 0.25) is 0 Å². The summed E-state index contributed by atoms with van der Waals surface area (Å²) in [6.07, 6.45) is 3.11. The van der Waals surface area contributed by atoms with Crippen LogP contribution in [-0.4, -0.2) is 36.5 Å². The number of rotatable bonds is 1. The molecule has 1 saturated heterocycles. The van der Waals surface area contributed by atoms with Crippen molar-refractivity contribution in [2.24, 2.45) is 11.3 Å². The van der Waals surface area contributed by atoms with E-state index in [1.165, 1.54) is 7.11 Å². The topological polar surface area (TPSA) is 70.4 Å². The molecule has 2 fully saturated rings. The van der Waals surface area contributed by atoms with Gasteiger partial charge in [-0.3, -0.25) is 4.79 Å². The maximum atomic E-state index is 12.0. The number of hydrogen-bond donors (Lipinski definition) is 0. The second kappa shape index (κ2) is 5.20. The molecule has 5 heteroatoms. The lowest BCUT2D eigenvalue weighted by Gasteiger charge is -2.53. The Kier molecular flexibility index (Phi) is 3.79. The highest BCUT2D eigenvalue weighted by Gasteiger charge is 2.55. The van der Waals surface area contributed by atoms with Crippen LogP contribution in [-0.2, 0) is 9.53 Å². The zero-order valence-electron chi connectivity index (χ0n) is 11.5. The smallest absolute Gasteiger partial charge is 0.409 e. The van der Waals surface area contributed by atoms with E-state index in [2.05, 4.69) is 6.07 Å². The Morgan fingerprint density at radius 3 is 2.95 bits per heavy atom. The predicted octanol–water partition coefficient (Wildman–Crippen LogP) is 2.12. The lowest BCUT2D eigenvalue weighted by Crippen LogP contribution is -2.60. The van der Waals surface area contributed by atoms with Crippen molar-refractivity contribution in [2.45, 2.75) is 45.1 Å². The fraction of sp³-hybridized carbons (Fsp3) is 0.786. The van der Waals surface area contributed by atoms with Gasteiger partial charge in [-0.1, -0.05) is 6.92 Å². The Morgan fingerprint density at radius 1 is 1.63 bits per heavy atom. The van der Waals surface area contributed by atoms with Crippen LogP contribution >= 0.6 is 0 Å². The molecule has 1 aliphatic heterocycles. The number of ketones is 1. The average Bonchev–Trinajstić information content (AvgIpc) is 2.45. The molecule has 104 valence electrons. The molecule has 2 rings (SSSR count). The van der Waals surface area contributed by atoms with Crippen LogP contribution in [0.1, 0.15) is 39.0 Å². The van der Waals surface area contributed by atoms with E-state index in [0.29, 0.717) is 19.4 Å². The minimum atomic E-state index is -0.580. The SMILES string of the molecule is CC[C@@]12CCCN(C(=O)OC)C1CCC(=O)[C@H]2C#N. The first kappa shape index (κ1) is 13.9. The van der Waals surface area contributed by atoms with Crippen LogP contribution in [0.5, 0.6) is 0 Å². The van der Waals surface area contributed by atoms with Gasteiger partial charge >= 0.3 is 6.09 Å². The van der Waals surface area contributed by atoms with E-state index in [9.17, 15) is 14.9 Å². The molecule has 0 radical (unpaired) electrons. The fourth-order valence-corrected chi connectivity index (χ4v) is 3.89. The van der Waals surface area contributed by atoms with Gasteiger partial charge in [0.15, 0.2) is 5.78 Å². The van der Waals surface area contributed by atoms with Crippen LogP contribution in [0.2, 0.25) is 0 Å². The number of methoxy groups -OCH3 is 1. The Balaban J connectivity index is 2.39. The molecule has 2 aliphatic rings. The number of likely N-dealkylation sites (tertiary alicyclic amines) is 1. The number of fused-ring (bicyclic) bond motifs is 1. The molecule has 1 amide bonds. The van der Waals surface area contributed by atoms with Crippen molar-refractivity contribution in [3.05, 3.63) is 0 Å². The number of Topliss-reactive ketones (excluding diaryl/α,β-unsaturated/α-hetero) is 1. The first-order valence-corrected chi connectivity index (χ1v) is 6.87. The standard InChI is InChI=1S/C14H20N2O3/c1-3-14-7-4-8-16(13(18)19-2)12(14)6-5-11(17)10(14)9-15/h10,12H,3-8H2,1-2H3/t10-,12?,14+/m1/s1. The molecule has 0 aromatic heterocycles. The summed E-state index contributed by atoms with van der Waals surface area (Å²) >= 11 is 0. The predicted molar refractivity (Wildman–Crippen MR) is 68.2 cm³/mol. The first-order valence-electron chi connectivity index (χ1n) is 6.87. The first-order chi connectivity index (χ1) is 9.10. The highest BCUT2D eigenvalue weighted by molar-refractivity contribution is 5.85. The minimum absolute atomic E-state index is 0.0346. The third kappa shape index (κ3) is 1.99. The number of nitriles is 1. The van der Waals surface area contributed by atoms with Crippen molar-refractivity contribution in [1.29, 1.82) is 5.26 Å². The maximum absolute atomic E-state index is 12.0. The molecule has 0 aromatic carbocycles. The van der Waals surface area contributed by atoms with Gasteiger partial charge in [0, 0.05) is 24.4 Å². The Morgan fingerprint density at radius 2 is 2.37 bits per heavy atom. The van der Waals surface area contributed by atoms with E-state index in [4.69, 9.17) is 4.74 Å². The summed E-state index contributed by atoms with van der Waals surface area (Å²) in [5.41, 5.74) is -0.378. The van der Waals surface area contributed by atoms with Crippen molar-refractivity contribution in [3.8, 4) is 6.07 Å². The molecule has 0 bridgehead atoms. The number of carbonyl (C=O) groups excluding carboxylic acids is 2. The van der Waals surface area contributed by atoms with Gasteiger partial charge in [0.1, 0.15) is 5.92 Å². The number of piperidine rings is 1. The molecule has 5 nitrogen and oxygen atoms in total. The van der Waals surface area contributed by atoms with Crippen LogP contribution in [0, 0.1) is 22.7 Å². The van der Waals surface area contributed by atoms with E-state index in [0.717, 1.165) is 19.3 Å². The van der Waals surface area contributed by atoms with Crippen LogP contribution in [0.3, 0.4) is 0 Å². The van der Waals surface area contributed by atoms with Gasteiger partial charge in [-0.25, -0.2) is 4.79 Å². The largest absolute Gasteiger partial charge is 0.453 e. The zero-order chi connectivity index (χ0) is 14.0. The molecule has 1 heterocycles. The summed E-state index contributed by atoms with van der Waals surface area (Å²) < 4.78 is 4.84. The molecule has 1 unspecified atom stereocenters. The van der Waals surface area contributed by atoms with Crippen LogP contribution in [0.15, 0.2) is 0 Å². The highest BCUT2D eigenvalue weighted by atomic mass is 16.5. The number of amides is 1. The summed E-state index contributed by atoms with van der Waals surface area (Å²) in [7, 11) is 1.38. The second-order valence-corrected chi connectivity index (χ2v) is 5.44. The fourth-order valence-electron chi connectivity index (χ4n) is 3.89. The molecule has 1 aliphatic carbocycles. The number of nitrogens with zero attached hydrogens (tertiary/aromatic N) is 2. The van der Waals surface area contributed by atoms with Gasteiger partial charge in [-0.15, -0.1) is 0 Å². The molecule has 0 spiro atoms. The Bertz CT molecular complexity index is 429. The summed E-state index contributed by atoms with van der Waals surface area (Å²) in [6, 6.07) is 2.15.